The molecule has 3 aromatic rings. The second-order valence-corrected chi connectivity index (χ2v) is 6.46. The van der Waals surface area contributed by atoms with Gasteiger partial charge in [0.2, 0.25) is 0 Å². The van der Waals surface area contributed by atoms with Crippen LogP contribution in [0.25, 0.3) is 0 Å². The van der Waals surface area contributed by atoms with E-state index in [9.17, 15) is 4.79 Å². The van der Waals surface area contributed by atoms with Crippen molar-refractivity contribution in [3.8, 4) is 5.75 Å². The summed E-state index contributed by atoms with van der Waals surface area (Å²) in [6, 6.07) is 19.2. The van der Waals surface area contributed by atoms with Gasteiger partial charge >= 0.3 is 0 Å². The van der Waals surface area contributed by atoms with Crippen LogP contribution in [0, 0.1) is 0 Å². The Balaban J connectivity index is 1.82. The van der Waals surface area contributed by atoms with Crippen LogP contribution >= 0.6 is 11.3 Å². The first kappa shape index (κ1) is 14.8. The molecule has 0 saturated heterocycles. The molecule has 0 bridgehead atoms. The molecule has 4 nitrogen and oxygen atoms in total. The Morgan fingerprint density at radius 3 is 2.54 bits per heavy atom. The molecule has 5 heteroatoms. The average Bonchev–Trinajstić information content (AvgIpc) is 3.16. The first-order valence-corrected chi connectivity index (χ1v) is 8.52. The lowest BCUT2D eigenvalue weighted by atomic mass is 10.1. The van der Waals surface area contributed by atoms with Gasteiger partial charge in [-0.2, -0.15) is 0 Å². The van der Waals surface area contributed by atoms with E-state index < -0.39 is 0 Å². The highest BCUT2D eigenvalue weighted by Crippen LogP contribution is 2.38. The summed E-state index contributed by atoms with van der Waals surface area (Å²) in [6.07, 6.45) is -0.221. The maximum absolute atomic E-state index is 13.1. The van der Waals surface area contributed by atoms with E-state index in [1.54, 1.807) is 23.3 Å². The fourth-order valence-electron chi connectivity index (χ4n) is 2.91. The predicted octanol–water partition coefficient (Wildman–Crippen LogP) is 4.53. The fraction of sp³-hybridized carbons (Fsp3) is 0.105. The van der Waals surface area contributed by atoms with Gasteiger partial charge in [-0.15, -0.1) is 11.3 Å². The number of carbonyl (C=O) groups excluding carboxylic acids is 1. The van der Waals surface area contributed by atoms with E-state index in [1.165, 1.54) is 0 Å². The SMILES string of the molecule is COc1ccc(N2C(=O)c3ccccc3N[C@@H]2c2cccs2)cc1. The topological polar surface area (TPSA) is 41.6 Å². The molecule has 0 aliphatic carbocycles. The molecule has 1 amide bonds. The van der Waals surface area contributed by atoms with E-state index in [2.05, 4.69) is 5.32 Å². The number of methoxy groups -OCH3 is 1. The lowest BCUT2D eigenvalue weighted by molar-refractivity contribution is 0.0975. The number of thiophene rings is 1. The molecule has 120 valence electrons. The highest BCUT2D eigenvalue weighted by molar-refractivity contribution is 7.10. The molecule has 24 heavy (non-hydrogen) atoms. The van der Waals surface area contributed by atoms with Gasteiger partial charge in [0.05, 0.1) is 12.7 Å². The Hall–Kier alpha value is -2.79. The maximum Gasteiger partial charge on any atom is 0.262 e. The van der Waals surface area contributed by atoms with Crippen molar-refractivity contribution in [3.05, 3.63) is 76.5 Å². The van der Waals surface area contributed by atoms with Crippen LogP contribution in [0.2, 0.25) is 0 Å². The first-order chi connectivity index (χ1) is 11.8. The van der Waals surface area contributed by atoms with Gasteiger partial charge in [-0.1, -0.05) is 18.2 Å². The molecule has 0 spiro atoms. The highest BCUT2D eigenvalue weighted by atomic mass is 32.1. The van der Waals surface area contributed by atoms with Crippen LogP contribution in [0.3, 0.4) is 0 Å². The number of nitrogens with one attached hydrogen (secondary N) is 1. The smallest absolute Gasteiger partial charge is 0.262 e. The van der Waals surface area contributed by atoms with Gasteiger partial charge in [0, 0.05) is 16.3 Å². The summed E-state index contributed by atoms with van der Waals surface area (Å²) >= 11 is 1.63. The molecule has 4 rings (SSSR count). The van der Waals surface area contributed by atoms with Gasteiger partial charge in [0.25, 0.3) is 5.91 Å². The van der Waals surface area contributed by atoms with Gasteiger partial charge in [-0.05, 0) is 47.8 Å². The van der Waals surface area contributed by atoms with Crippen LogP contribution in [0.5, 0.6) is 5.75 Å². The minimum absolute atomic E-state index is 0.00656. The summed E-state index contributed by atoms with van der Waals surface area (Å²) in [6.45, 7) is 0. The number of anilines is 2. The number of fused-ring (bicyclic) bond motifs is 1. The second-order valence-electron chi connectivity index (χ2n) is 5.48. The van der Waals surface area contributed by atoms with Crippen molar-refractivity contribution in [1.29, 1.82) is 0 Å². The van der Waals surface area contributed by atoms with Crippen LogP contribution in [0.1, 0.15) is 21.4 Å². The highest BCUT2D eigenvalue weighted by Gasteiger charge is 2.34. The van der Waals surface area contributed by atoms with Crippen LogP contribution in [0.4, 0.5) is 11.4 Å². The molecule has 1 atom stereocenters. The second kappa shape index (κ2) is 6.02. The van der Waals surface area contributed by atoms with E-state index >= 15 is 0 Å². The Bertz CT molecular complexity index is 859. The normalized spacial score (nSPS) is 16.5. The molecule has 0 unspecified atom stereocenters. The van der Waals surface area contributed by atoms with Crippen LogP contribution in [-0.4, -0.2) is 13.0 Å². The Morgan fingerprint density at radius 1 is 1.04 bits per heavy atom. The summed E-state index contributed by atoms with van der Waals surface area (Å²) in [5.74, 6) is 0.761. The molecule has 0 radical (unpaired) electrons. The number of hydrogen-bond donors (Lipinski definition) is 1. The average molecular weight is 336 g/mol. The van der Waals surface area contributed by atoms with Gasteiger partial charge in [0.1, 0.15) is 11.9 Å². The number of ether oxygens (including phenoxy) is 1. The summed E-state index contributed by atoms with van der Waals surface area (Å²) in [4.78, 5) is 16.0. The third-order valence-corrected chi connectivity index (χ3v) is 5.01. The zero-order chi connectivity index (χ0) is 16.5. The minimum atomic E-state index is -0.221. The largest absolute Gasteiger partial charge is 0.497 e. The maximum atomic E-state index is 13.1. The summed E-state index contributed by atoms with van der Waals surface area (Å²) in [5.41, 5.74) is 2.38. The molecular weight excluding hydrogens is 320 g/mol. The number of carbonyl (C=O) groups is 1. The molecule has 2 heterocycles. The molecule has 0 saturated carbocycles. The lowest BCUT2D eigenvalue weighted by Gasteiger charge is -2.37. The third-order valence-electron chi connectivity index (χ3n) is 4.09. The molecule has 0 fully saturated rings. The quantitative estimate of drug-likeness (QED) is 0.764. The number of rotatable bonds is 3. The number of nitrogens with zero attached hydrogens (tertiary/aromatic N) is 1. The Morgan fingerprint density at radius 2 is 1.83 bits per heavy atom. The number of benzene rings is 2. The van der Waals surface area contributed by atoms with Crippen LogP contribution in [0.15, 0.2) is 66.0 Å². The van der Waals surface area contributed by atoms with Crippen molar-refractivity contribution < 1.29 is 9.53 Å². The van der Waals surface area contributed by atoms with Crippen LogP contribution in [-0.2, 0) is 0 Å². The molecule has 1 aliphatic heterocycles. The number of amides is 1. The van der Waals surface area contributed by atoms with E-state index in [0.29, 0.717) is 5.56 Å². The van der Waals surface area contributed by atoms with Gasteiger partial charge in [0.15, 0.2) is 0 Å². The monoisotopic (exact) mass is 336 g/mol. The van der Waals surface area contributed by atoms with E-state index in [-0.39, 0.29) is 12.1 Å². The molecule has 1 aliphatic rings. The van der Waals surface area contributed by atoms with E-state index in [1.807, 2.05) is 66.0 Å². The van der Waals surface area contributed by atoms with Crippen molar-refractivity contribution in [2.75, 3.05) is 17.3 Å². The van der Waals surface area contributed by atoms with Crippen molar-refractivity contribution >= 4 is 28.6 Å². The van der Waals surface area contributed by atoms with Gasteiger partial charge < -0.3 is 10.1 Å². The Kier molecular flexibility index (Phi) is 3.70. The Labute approximate surface area is 144 Å². The van der Waals surface area contributed by atoms with Crippen LogP contribution < -0.4 is 15.0 Å². The van der Waals surface area contributed by atoms with E-state index in [4.69, 9.17) is 4.74 Å². The number of para-hydroxylation sites is 1. The van der Waals surface area contributed by atoms with E-state index in [0.717, 1.165) is 22.0 Å². The zero-order valence-electron chi connectivity index (χ0n) is 13.1. The van der Waals surface area contributed by atoms with Crippen molar-refractivity contribution in [3.63, 3.8) is 0 Å². The first-order valence-electron chi connectivity index (χ1n) is 7.64. The summed E-state index contributed by atoms with van der Waals surface area (Å²) in [5, 5.41) is 5.51. The fourth-order valence-corrected chi connectivity index (χ4v) is 3.67. The molecule has 2 aromatic carbocycles. The summed E-state index contributed by atoms with van der Waals surface area (Å²) < 4.78 is 5.22. The predicted molar refractivity (Wildman–Crippen MR) is 96.9 cm³/mol. The van der Waals surface area contributed by atoms with Crippen molar-refractivity contribution in [2.45, 2.75) is 6.17 Å². The lowest BCUT2D eigenvalue weighted by Crippen LogP contribution is -2.42. The summed E-state index contributed by atoms with van der Waals surface area (Å²) in [7, 11) is 1.63. The molecular formula is C19H16N2O2S. The zero-order valence-corrected chi connectivity index (χ0v) is 13.9. The molecule has 1 N–H and O–H groups in total. The van der Waals surface area contributed by atoms with Gasteiger partial charge in [-0.25, -0.2) is 0 Å². The van der Waals surface area contributed by atoms with Crippen molar-refractivity contribution in [1.82, 2.24) is 0 Å². The third kappa shape index (κ3) is 2.43. The number of hydrogen-bond acceptors (Lipinski definition) is 4. The minimum Gasteiger partial charge on any atom is -0.497 e. The van der Waals surface area contributed by atoms with Crippen molar-refractivity contribution in [2.24, 2.45) is 0 Å². The van der Waals surface area contributed by atoms with Gasteiger partial charge in [-0.3, -0.25) is 9.69 Å². The standard InChI is InChI=1S/C19H16N2O2S/c1-23-14-10-8-13(9-11-14)21-18(17-7-4-12-24-17)20-16-6-3-2-5-15(16)19(21)22/h2-12,18,20H,1H3/t18-/m0/s1. The molecule has 1 aromatic heterocycles.